The molecule has 1 aliphatic rings. The molecule has 1 aliphatic heterocycles. The van der Waals surface area contributed by atoms with Crippen molar-refractivity contribution in [2.45, 2.75) is 52.6 Å². The van der Waals surface area contributed by atoms with Gasteiger partial charge in [-0.15, -0.1) is 0 Å². The first-order valence-electron chi connectivity index (χ1n) is 12.7. The van der Waals surface area contributed by atoms with Gasteiger partial charge in [0.05, 0.1) is 17.7 Å². The molecular formula is C26H35ClF2N6O4. The van der Waals surface area contributed by atoms with Gasteiger partial charge in [-0.2, -0.15) is 0 Å². The van der Waals surface area contributed by atoms with Crippen LogP contribution in [0.15, 0.2) is 17.3 Å². The highest BCUT2D eigenvalue weighted by atomic mass is 35.5. The van der Waals surface area contributed by atoms with E-state index in [4.69, 9.17) is 31.6 Å². The summed E-state index contributed by atoms with van der Waals surface area (Å²) in [7, 11) is 1.32. The Bertz CT molecular complexity index is 1180. The van der Waals surface area contributed by atoms with E-state index in [2.05, 4.69) is 27.4 Å². The third kappa shape index (κ3) is 8.29. The third-order valence-corrected chi connectivity index (χ3v) is 6.14. The van der Waals surface area contributed by atoms with Gasteiger partial charge in [0.2, 0.25) is 11.7 Å². The van der Waals surface area contributed by atoms with Gasteiger partial charge in [0.25, 0.3) is 0 Å². The first-order chi connectivity index (χ1) is 18.4. The lowest BCUT2D eigenvalue weighted by atomic mass is 9.98. The average molecular weight is 569 g/mol. The molecule has 1 aromatic carbocycles. The number of nitrogens with two attached hydrogens (primary N) is 1. The zero-order valence-electron chi connectivity index (χ0n) is 22.8. The summed E-state index contributed by atoms with van der Waals surface area (Å²) in [6.45, 7) is 9.04. The van der Waals surface area contributed by atoms with Gasteiger partial charge in [-0.25, -0.2) is 23.5 Å². The van der Waals surface area contributed by atoms with E-state index in [9.17, 15) is 4.79 Å². The van der Waals surface area contributed by atoms with Crippen LogP contribution in [-0.2, 0) is 9.57 Å². The van der Waals surface area contributed by atoms with Crippen LogP contribution < -0.4 is 20.7 Å². The number of ether oxygens (including phenoxy) is 2. The standard InChI is InChI=1S/C26H35ClF2N6O4/c1-15-7-10-35(11-8-15)24-20(21(27)32-23(33-24)22(30)34-37-5)19-17(28)13-16(14-18(19)29)38-12-6-9-31-25(36)39-26(2,3)4/h13-15H,6-12H2,1-5H3,(H2,30,34)(H,31,36). The minimum Gasteiger partial charge on any atom is -0.493 e. The van der Waals surface area contributed by atoms with Crippen molar-refractivity contribution in [3.8, 4) is 16.9 Å². The Labute approximate surface area is 231 Å². The number of rotatable bonds is 9. The molecule has 0 spiro atoms. The summed E-state index contributed by atoms with van der Waals surface area (Å²) >= 11 is 6.49. The highest BCUT2D eigenvalue weighted by Gasteiger charge is 2.28. The van der Waals surface area contributed by atoms with E-state index in [1.165, 1.54) is 7.11 Å². The topological polar surface area (TPSA) is 124 Å². The van der Waals surface area contributed by atoms with Gasteiger partial charge in [-0.05, 0) is 46.0 Å². The van der Waals surface area contributed by atoms with E-state index < -0.39 is 23.3 Å². The fourth-order valence-corrected chi connectivity index (χ4v) is 4.24. The Kier molecular flexibility index (Phi) is 10.1. The molecule has 2 aromatic rings. The number of anilines is 1. The predicted octanol–water partition coefficient (Wildman–Crippen LogP) is 4.87. The van der Waals surface area contributed by atoms with Crippen LogP contribution in [0.4, 0.5) is 19.4 Å². The second-order valence-electron chi connectivity index (χ2n) is 10.3. The van der Waals surface area contributed by atoms with Crippen LogP contribution in [0.3, 0.4) is 0 Å². The summed E-state index contributed by atoms with van der Waals surface area (Å²) in [6.07, 6.45) is 1.59. The van der Waals surface area contributed by atoms with Gasteiger partial charge in [0, 0.05) is 31.8 Å². The summed E-state index contributed by atoms with van der Waals surface area (Å²) < 4.78 is 41.5. The first kappa shape index (κ1) is 30.1. The maximum absolute atomic E-state index is 15.4. The number of amides is 1. The Hall–Kier alpha value is -3.41. The number of aromatic nitrogens is 2. The summed E-state index contributed by atoms with van der Waals surface area (Å²) in [5.41, 5.74) is 4.94. The highest BCUT2D eigenvalue weighted by molar-refractivity contribution is 6.33. The Morgan fingerprint density at radius 1 is 1.21 bits per heavy atom. The van der Waals surface area contributed by atoms with Gasteiger partial charge < -0.3 is 30.3 Å². The molecule has 0 radical (unpaired) electrons. The lowest BCUT2D eigenvalue weighted by Gasteiger charge is -2.33. The quantitative estimate of drug-likeness (QED) is 0.144. The van der Waals surface area contributed by atoms with Crippen LogP contribution in [0.5, 0.6) is 5.75 Å². The number of benzene rings is 1. The smallest absolute Gasteiger partial charge is 0.407 e. The van der Waals surface area contributed by atoms with Crippen molar-refractivity contribution < 1.29 is 27.9 Å². The van der Waals surface area contributed by atoms with Crippen molar-refractivity contribution in [2.24, 2.45) is 16.8 Å². The van der Waals surface area contributed by atoms with Crippen molar-refractivity contribution in [2.75, 3.05) is 38.3 Å². The van der Waals surface area contributed by atoms with Gasteiger partial charge in [-0.3, -0.25) is 0 Å². The number of amidine groups is 1. The minimum absolute atomic E-state index is 0.00972. The lowest BCUT2D eigenvalue weighted by molar-refractivity contribution is 0.0525. The molecule has 0 aliphatic carbocycles. The molecule has 13 heteroatoms. The number of nitrogens with one attached hydrogen (secondary N) is 1. The molecule has 10 nitrogen and oxygen atoms in total. The fourth-order valence-electron chi connectivity index (χ4n) is 3.98. The number of halogens is 3. The average Bonchev–Trinajstić information content (AvgIpc) is 2.83. The molecule has 39 heavy (non-hydrogen) atoms. The van der Waals surface area contributed by atoms with E-state index >= 15 is 8.78 Å². The molecule has 2 heterocycles. The maximum atomic E-state index is 15.4. The van der Waals surface area contributed by atoms with E-state index in [0.29, 0.717) is 25.4 Å². The molecule has 1 aromatic heterocycles. The number of alkyl carbamates (subject to hydrolysis) is 1. The van der Waals surface area contributed by atoms with Crippen molar-refractivity contribution >= 4 is 29.3 Å². The molecule has 0 bridgehead atoms. The van der Waals surface area contributed by atoms with Crippen molar-refractivity contribution in [3.05, 3.63) is 34.7 Å². The molecular weight excluding hydrogens is 534 g/mol. The zero-order valence-corrected chi connectivity index (χ0v) is 23.6. The molecule has 0 saturated carbocycles. The van der Waals surface area contributed by atoms with Crippen molar-refractivity contribution in [3.63, 3.8) is 0 Å². The molecule has 0 atom stereocenters. The molecule has 1 fully saturated rings. The number of oxime groups is 1. The summed E-state index contributed by atoms with van der Waals surface area (Å²) in [4.78, 5) is 26.9. The number of hydrogen-bond donors (Lipinski definition) is 2. The summed E-state index contributed by atoms with van der Waals surface area (Å²) in [5, 5.41) is 6.07. The van der Waals surface area contributed by atoms with Crippen LogP contribution in [0, 0.1) is 17.6 Å². The molecule has 214 valence electrons. The van der Waals surface area contributed by atoms with Crippen LogP contribution in [0.2, 0.25) is 5.15 Å². The van der Waals surface area contributed by atoms with Crippen LogP contribution >= 0.6 is 11.6 Å². The van der Waals surface area contributed by atoms with Crippen LogP contribution in [0.1, 0.15) is 52.8 Å². The Morgan fingerprint density at radius 2 is 1.85 bits per heavy atom. The van der Waals surface area contributed by atoms with Gasteiger partial charge in [0.15, 0.2) is 0 Å². The van der Waals surface area contributed by atoms with Crippen LogP contribution in [-0.4, -0.2) is 60.8 Å². The molecule has 0 unspecified atom stereocenters. The zero-order chi connectivity index (χ0) is 28.7. The summed E-state index contributed by atoms with van der Waals surface area (Å²) in [6, 6.07) is 2.15. The number of nitrogens with zero attached hydrogens (tertiary/aromatic N) is 4. The molecule has 3 rings (SSSR count). The number of carbonyl (C=O) groups is 1. The number of hydrogen-bond acceptors (Lipinski definition) is 8. The maximum Gasteiger partial charge on any atom is 0.407 e. The van der Waals surface area contributed by atoms with E-state index in [-0.39, 0.29) is 52.7 Å². The van der Waals surface area contributed by atoms with Crippen molar-refractivity contribution in [1.29, 1.82) is 0 Å². The van der Waals surface area contributed by atoms with E-state index in [0.717, 1.165) is 25.0 Å². The number of piperidine rings is 1. The molecule has 3 N–H and O–H groups in total. The predicted molar refractivity (Wildman–Crippen MR) is 145 cm³/mol. The Balaban J connectivity index is 1.83. The molecule has 1 saturated heterocycles. The van der Waals surface area contributed by atoms with Gasteiger partial charge >= 0.3 is 6.09 Å². The second-order valence-corrected chi connectivity index (χ2v) is 10.6. The molecule has 1 amide bonds. The SMILES string of the molecule is CON=C(N)c1nc(Cl)c(-c2c(F)cc(OCCCNC(=O)OC(C)(C)C)cc2F)c(N2CCC(C)CC2)n1. The van der Waals surface area contributed by atoms with Gasteiger partial charge in [-0.1, -0.05) is 23.7 Å². The second kappa shape index (κ2) is 13.1. The van der Waals surface area contributed by atoms with E-state index in [1.807, 2.05) is 4.90 Å². The fraction of sp³-hybridized carbons (Fsp3) is 0.538. The minimum atomic E-state index is -0.889. The Morgan fingerprint density at radius 3 is 2.44 bits per heavy atom. The monoisotopic (exact) mass is 568 g/mol. The normalized spacial score (nSPS) is 14.8. The third-order valence-electron chi connectivity index (χ3n) is 5.87. The first-order valence-corrected chi connectivity index (χ1v) is 13.1. The van der Waals surface area contributed by atoms with E-state index in [1.54, 1.807) is 20.8 Å². The lowest BCUT2D eigenvalue weighted by Crippen LogP contribution is -2.34. The summed E-state index contributed by atoms with van der Waals surface area (Å²) in [5.74, 6) is -1.16. The van der Waals surface area contributed by atoms with Gasteiger partial charge in [0.1, 0.15) is 41.1 Å². The largest absolute Gasteiger partial charge is 0.493 e. The van der Waals surface area contributed by atoms with Crippen LogP contribution in [0.25, 0.3) is 11.1 Å². The number of carbonyl (C=O) groups excluding carboxylic acids is 1. The highest BCUT2D eigenvalue weighted by Crippen LogP contribution is 2.40. The van der Waals surface area contributed by atoms with Crippen molar-refractivity contribution in [1.82, 2.24) is 15.3 Å².